The van der Waals surface area contributed by atoms with E-state index in [2.05, 4.69) is 224 Å². The zero-order valence-electron chi connectivity index (χ0n) is 30.8. The highest BCUT2D eigenvalue weighted by molar-refractivity contribution is 8.25. The molecule has 0 spiro atoms. The quantitative estimate of drug-likeness (QED) is 0.162. The fourth-order valence-electron chi connectivity index (χ4n) is 9.06. The van der Waals surface area contributed by atoms with Gasteiger partial charge in [0, 0.05) is 28.0 Å². The average molecular weight is 743 g/mol. The molecule has 0 fully saturated rings. The van der Waals surface area contributed by atoms with Gasteiger partial charge in [-0.05, 0) is 89.9 Å². The summed E-state index contributed by atoms with van der Waals surface area (Å²) in [6.45, 7) is 4.42. The third-order valence-corrected chi connectivity index (χ3v) is 16.4. The largest absolute Gasteiger partial charge is 0.310 e. The van der Waals surface area contributed by atoms with Gasteiger partial charge in [-0.15, -0.1) is 0 Å². The Morgan fingerprint density at radius 3 is 1.45 bits per heavy atom. The van der Waals surface area contributed by atoms with Crippen LogP contribution in [0, 0.1) is 13.8 Å². The maximum Gasteiger partial charge on any atom is 0.0742 e. The third kappa shape index (κ3) is 5.04. The predicted molar refractivity (Wildman–Crippen MR) is 237 cm³/mol. The second kappa shape index (κ2) is 13.1. The highest BCUT2D eigenvalue weighted by Gasteiger charge is 2.47. The minimum Gasteiger partial charge on any atom is -0.310 e. The fourth-order valence-corrected chi connectivity index (χ4v) is 13.3. The molecule has 2 nitrogen and oxygen atoms in total. The Kier molecular flexibility index (Phi) is 7.99. The molecule has 0 saturated carbocycles. The lowest BCUT2D eigenvalue weighted by atomic mass is 9.62. The number of hydrogen-bond donors (Lipinski definition) is 0. The van der Waals surface area contributed by atoms with Crippen LogP contribution in [-0.4, -0.2) is 0 Å². The van der Waals surface area contributed by atoms with Crippen molar-refractivity contribution in [3.05, 3.63) is 234 Å². The van der Waals surface area contributed by atoms with Crippen molar-refractivity contribution in [1.29, 1.82) is 0 Å². The van der Waals surface area contributed by atoms with Crippen molar-refractivity contribution < 1.29 is 0 Å². The number of para-hydroxylation sites is 2. The van der Waals surface area contributed by atoms with Crippen molar-refractivity contribution in [3.63, 3.8) is 0 Å². The number of nitrogens with zero attached hydrogens (tertiary/aromatic N) is 2. The van der Waals surface area contributed by atoms with E-state index < -0.39 is 11.5 Å². The molecule has 1 unspecified atom stereocenters. The van der Waals surface area contributed by atoms with E-state index in [4.69, 9.17) is 11.8 Å². The van der Waals surface area contributed by atoms with Gasteiger partial charge in [-0.2, -0.15) is 0 Å². The SMILES string of the molecule is Cc1ccc2c(c1)C(c1ccccc1)(c1ccccc1)c1cc(C)ccc1N2c1ccc2c(c1)N(c1ccccc1)c1ccccc1P2(=S)c1ccccc1. The summed E-state index contributed by atoms with van der Waals surface area (Å²) >= 11 is 7.00. The number of rotatable bonds is 5. The molecular formula is C51H39N2PS. The van der Waals surface area contributed by atoms with Gasteiger partial charge in [0.2, 0.25) is 0 Å². The summed E-state index contributed by atoms with van der Waals surface area (Å²) in [5.41, 5.74) is 13.8. The summed E-state index contributed by atoms with van der Waals surface area (Å²) < 4.78 is 0. The first-order valence-electron chi connectivity index (χ1n) is 18.9. The Labute approximate surface area is 329 Å². The second-order valence-corrected chi connectivity index (χ2v) is 19.0. The van der Waals surface area contributed by atoms with Gasteiger partial charge >= 0.3 is 0 Å². The number of fused-ring (bicyclic) bond motifs is 4. The zero-order valence-corrected chi connectivity index (χ0v) is 32.5. The molecule has 55 heavy (non-hydrogen) atoms. The first kappa shape index (κ1) is 33.6. The first-order valence-corrected chi connectivity index (χ1v) is 21.7. The number of aryl methyl sites for hydroxylation is 2. The fraction of sp³-hybridized carbons (Fsp3) is 0.0588. The van der Waals surface area contributed by atoms with Crippen molar-refractivity contribution >= 4 is 67.9 Å². The molecule has 0 aliphatic carbocycles. The summed E-state index contributed by atoms with van der Waals surface area (Å²) in [5.74, 6) is 0. The maximum absolute atomic E-state index is 7.00. The minimum atomic E-state index is -2.44. The molecule has 8 aromatic carbocycles. The van der Waals surface area contributed by atoms with Crippen LogP contribution >= 0.6 is 6.04 Å². The lowest BCUT2D eigenvalue weighted by Gasteiger charge is -2.47. The standard InChI is InChI=1S/C51H39N2PS/c1-36-27-30-45-43(33-36)51(38-17-7-3-8-18-38,39-19-9-4-10-20-39)44-34-37(2)28-31-46(44)53(45)41-29-32-50-48(35-41)52(40-21-11-5-12-22-40)47-25-15-16-26-49(47)54(50,55)42-23-13-6-14-24-42/h3-35H,1-2H3. The van der Waals surface area contributed by atoms with Crippen LogP contribution in [0.1, 0.15) is 33.4 Å². The van der Waals surface area contributed by atoms with Crippen molar-refractivity contribution in [2.45, 2.75) is 19.3 Å². The van der Waals surface area contributed by atoms with E-state index in [-0.39, 0.29) is 0 Å². The van der Waals surface area contributed by atoms with Gasteiger partial charge < -0.3 is 9.80 Å². The van der Waals surface area contributed by atoms with Crippen LogP contribution < -0.4 is 25.7 Å². The van der Waals surface area contributed by atoms with Crippen molar-refractivity contribution in [2.24, 2.45) is 0 Å². The van der Waals surface area contributed by atoms with E-state index in [1.807, 2.05) is 0 Å². The molecule has 10 rings (SSSR count). The lowest BCUT2D eigenvalue weighted by Crippen LogP contribution is -2.38. The predicted octanol–water partition coefficient (Wildman–Crippen LogP) is 12.0. The molecule has 2 heterocycles. The molecule has 0 amide bonds. The molecular weight excluding hydrogens is 704 g/mol. The van der Waals surface area contributed by atoms with E-state index in [0.717, 1.165) is 22.7 Å². The van der Waals surface area contributed by atoms with Gasteiger partial charge in [0.25, 0.3) is 0 Å². The molecule has 8 aromatic rings. The van der Waals surface area contributed by atoms with Gasteiger partial charge in [-0.3, -0.25) is 0 Å². The number of anilines is 6. The highest BCUT2D eigenvalue weighted by atomic mass is 32.4. The Hall–Kier alpha value is -5.99. The molecule has 0 aromatic heterocycles. The summed E-state index contributed by atoms with van der Waals surface area (Å²) in [6.07, 6.45) is 0. The topological polar surface area (TPSA) is 6.48 Å². The Balaban J connectivity index is 1.29. The van der Waals surface area contributed by atoms with Crippen LogP contribution in [0.3, 0.4) is 0 Å². The van der Waals surface area contributed by atoms with E-state index in [1.165, 1.54) is 60.7 Å². The summed E-state index contributed by atoms with van der Waals surface area (Å²) in [6, 6.07) is 71.0. The monoisotopic (exact) mass is 742 g/mol. The van der Waals surface area contributed by atoms with Crippen molar-refractivity contribution in [1.82, 2.24) is 0 Å². The molecule has 0 bridgehead atoms. The Bertz CT molecular complexity index is 2670. The smallest absolute Gasteiger partial charge is 0.0742 e. The molecule has 1 atom stereocenters. The van der Waals surface area contributed by atoms with Crippen LogP contribution in [0.5, 0.6) is 0 Å². The number of hydrogen-bond acceptors (Lipinski definition) is 3. The minimum absolute atomic E-state index is 0.542. The zero-order chi connectivity index (χ0) is 37.1. The summed E-state index contributed by atoms with van der Waals surface area (Å²) in [4.78, 5) is 4.92. The van der Waals surface area contributed by atoms with Crippen molar-refractivity contribution in [2.75, 3.05) is 9.80 Å². The number of benzene rings is 8. The molecule has 2 aliphatic heterocycles. The second-order valence-electron chi connectivity index (χ2n) is 14.6. The van der Waals surface area contributed by atoms with Crippen LogP contribution in [0.4, 0.5) is 34.1 Å². The first-order chi connectivity index (χ1) is 27.0. The maximum atomic E-state index is 7.00. The third-order valence-electron chi connectivity index (χ3n) is 11.4. The lowest BCUT2D eigenvalue weighted by molar-refractivity contribution is 0.729. The molecule has 264 valence electrons. The molecule has 0 N–H and O–H groups in total. The van der Waals surface area contributed by atoms with E-state index in [9.17, 15) is 0 Å². The van der Waals surface area contributed by atoms with Crippen LogP contribution in [0.2, 0.25) is 0 Å². The van der Waals surface area contributed by atoms with Gasteiger partial charge in [0.1, 0.15) is 0 Å². The van der Waals surface area contributed by atoms with Crippen molar-refractivity contribution in [3.8, 4) is 0 Å². The molecule has 0 radical (unpaired) electrons. The van der Waals surface area contributed by atoms with E-state index in [1.54, 1.807) is 0 Å². The molecule has 0 saturated heterocycles. The Morgan fingerprint density at radius 1 is 0.400 bits per heavy atom. The highest BCUT2D eigenvalue weighted by Crippen LogP contribution is 2.60. The van der Waals surface area contributed by atoms with Crippen LogP contribution in [0.25, 0.3) is 0 Å². The van der Waals surface area contributed by atoms with E-state index >= 15 is 0 Å². The summed E-state index contributed by atoms with van der Waals surface area (Å²) in [5, 5.41) is 3.62. The van der Waals surface area contributed by atoms with Crippen LogP contribution in [0.15, 0.2) is 200 Å². The van der Waals surface area contributed by atoms with Crippen LogP contribution in [-0.2, 0) is 17.2 Å². The average Bonchev–Trinajstić information content (AvgIpc) is 3.24. The van der Waals surface area contributed by atoms with Gasteiger partial charge in [0.15, 0.2) is 0 Å². The normalized spacial score (nSPS) is 16.4. The molecule has 4 heteroatoms. The van der Waals surface area contributed by atoms with Gasteiger partial charge in [0.05, 0.1) is 28.2 Å². The van der Waals surface area contributed by atoms with E-state index in [0.29, 0.717) is 0 Å². The summed E-state index contributed by atoms with van der Waals surface area (Å²) in [7, 11) is 0. The van der Waals surface area contributed by atoms with Gasteiger partial charge in [-0.1, -0.05) is 175 Å². The molecule has 2 aliphatic rings. The Morgan fingerprint density at radius 2 is 0.873 bits per heavy atom. The van der Waals surface area contributed by atoms with Gasteiger partial charge in [-0.25, -0.2) is 0 Å².